The average Bonchev–Trinajstić information content (AvgIpc) is 2.43. The van der Waals surface area contributed by atoms with E-state index in [1.54, 1.807) is 25.3 Å². The molecule has 0 saturated carbocycles. The average molecular weight is 279 g/mol. The van der Waals surface area contributed by atoms with Gasteiger partial charge in [-0.2, -0.15) is 13.2 Å². The Morgan fingerprint density at radius 3 is 2.60 bits per heavy atom. The van der Waals surface area contributed by atoms with Gasteiger partial charge in [0, 0.05) is 6.20 Å². The number of imidazole rings is 1. The molecule has 0 fully saturated rings. The van der Waals surface area contributed by atoms with Crippen LogP contribution in [0.2, 0.25) is 0 Å². The maximum atomic E-state index is 12.5. The van der Waals surface area contributed by atoms with Crippen LogP contribution in [0.25, 0.3) is 5.65 Å². The lowest BCUT2D eigenvalue weighted by Gasteiger charge is -2.01. The minimum absolute atomic E-state index is 0.0614. The van der Waals surface area contributed by atoms with Crippen LogP contribution in [-0.4, -0.2) is 9.38 Å². The maximum absolute atomic E-state index is 12.5. The van der Waals surface area contributed by atoms with Gasteiger partial charge >= 0.3 is 6.18 Å². The molecule has 2 heterocycles. The molecule has 0 atom stereocenters. The number of alkyl halides is 3. The van der Waals surface area contributed by atoms with Crippen LogP contribution in [0.4, 0.5) is 13.2 Å². The third-order valence-corrected chi connectivity index (χ3v) is 2.73. The van der Waals surface area contributed by atoms with E-state index < -0.39 is 11.9 Å². The molecule has 0 spiro atoms. The van der Waals surface area contributed by atoms with Gasteiger partial charge in [0.15, 0.2) is 5.69 Å². The summed E-state index contributed by atoms with van der Waals surface area (Å²) in [4.78, 5) is 3.52. The fourth-order valence-electron chi connectivity index (χ4n) is 1.30. The minimum Gasteiger partial charge on any atom is -0.293 e. The molecule has 0 saturated heterocycles. The van der Waals surface area contributed by atoms with Crippen LogP contribution < -0.4 is 0 Å². The van der Waals surface area contributed by atoms with Gasteiger partial charge < -0.3 is 0 Å². The van der Waals surface area contributed by atoms with Crippen molar-refractivity contribution in [3.8, 4) is 0 Å². The Morgan fingerprint density at radius 1 is 1.33 bits per heavy atom. The number of pyridine rings is 1. The second-order valence-corrected chi connectivity index (χ2v) is 3.93. The Balaban J connectivity index is 2.76. The van der Waals surface area contributed by atoms with Crippen molar-refractivity contribution in [1.82, 2.24) is 9.38 Å². The van der Waals surface area contributed by atoms with E-state index in [-0.39, 0.29) is 10.3 Å². The van der Waals surface area contributed by atoms with Crippen molar-refractivity contribution in [2.24, 2.45) is 0 Å². The number of hydrogen-bond donors (Lipinski definition) is 0. The number of hydrogen-bond acceptors (Lipinski definition) is 1. The molecule has 0 amide bonds. The van der Waals surface area contributed by atoms with Gasteiger partial charge in [-0.25, -0.2) is 4.98 Å². The van der Waals surface area contributed by atoms with E-state index in [9.17, 15) is 13.2 Å². The second kappa shape index (κ2) is 3.23. The van der Waals surface area contributed by atoms with Crippen molar-refractivity contribution in [3.63, 3.8) is 0 Å². The summed E-state index contributed by atoms with van der Waals surface area (Å²) in [6, 6.07) is 3.27. The smallest absolute Gasteiger partial charge is 0.293 e. The SMILES string of the molecule is Cc1ccc2nc(C(F)(F)F)c(Br)n2c1. The van der Waals surface area contributed by atoms with Crippen molar-refractivity contribution in [2.75, 3.05) is 0 Å². The summed E-state index contributed by atoms with van der Waals surface area (Å²) in [6.45, 7) is 1.80. The molecule has 0 aliphatic rings. The Morgan fingerprint density at radius 2 is 2.00 bits per heavy atom. The summed E-state index contributed by atoms with van der Waals surface area (Å²) in [5.41, 5.74) is 0.252. The van der Waals surface area contributed by atoms with E-state index >= 15 is 0 Å². The zero-order chi connectivity index (χ0) is 11.2. The van der Waals surface area contributed by atoms with E-state index in [0.29, 0.717) is 0 Å². The lowest BCUT2D eigenvalue weighted by atomic mass is 10.3. The van der Waals surface area contributed by atoms with Crippen LogP contribution in [0.1, 0.15) is 11.3 Å². The monoisotopic (exact) mass is 278 g/mol. The predicted octanol–water partition coefficient (Wildman–Crippen LogP) is 3.42. The molecular formula is C9H6BrF3N2. The third-order valence-electron chi connectivity index (χ3n) is 1.98. The number of halogens is 4. The first kappa shape index (κ1) is 10.5. The largest absolute Gasteiger partial charge is 0.436 e. The van der Waals surface area contributed by atoms with Crippen LogP contribution >= 0.6 is 15.9 Å². The molecule has 2 aromatic rings. The van der Waals surface area contributed by atoms with Crippen molar-refractivity contribution in [2.45, 2.75) is 13.1 Å². The van der Waals surface area contributed by atoms with Gasteiger partial charge in [-0.05, 0) is 34.5 Å². The third kappa shape index (κ3) is 1.73. The molecule has 15 heavy (non-hydrogen) atoms. The van der Waals surface area contributed by atoms with Crippen LogP contribution in [0.5, 0.6) is 0 Å². The molecule has 2 aromatic heterocycles. The van der Waals surface area contributed by atoms with Gasteiger partial charge in [0.1, 0.15) is 10.3 Å². The molecule has 0 N–H and O–H groups in total. The van der Waals surface area contributed by atoms with Crippen LogP contribution in [0.3, 0.4) is 0 Å². The molecule has 0 unspecified atom stereocenters. The number of rotatable bonds is 0. The highest BCUT2D eigenvalue weighted by Gasteiger charge is 2.37. The maximum Gasteiger partial charge on any atom is 0.436 e. The standard InChI is InChI=1S/C9H6BrF3N2/c1-5-2-3-6-14-7(9(11,12)13)8(10)15(6)4-5/h2-4H,1H3. The van der Waals surface area contributed by atoms with Gasteiger partial charge in [0.25, 0.3) is 0 Å². The number of aromatic nitrogens is 2. The minimum atomic E-state index is -4.43. The molecule has 0 aliphatic heterocycles. The number of aryl methyl sites for hydroxylation is 1. The van der Waals surface area contributed by atoms with Crippen LogP contribution in [0.15, 0.2) is 22.9 Å². The highest BCUT2D eigenvalue weighted by Crippen LogP contribution is 2.34. The van der Waals surface area contributed by atoms with Crippen molar-refractivity contribution in [1.29, 1.82) is 0 Å². The second-order valence-electron chi connectivity index (χ2n) is 3.18. The van der Waals surface area contributed by atoms with E-state index in [2.05, 4.69) is 20.9 Å². The molecule has 2 nitrogen and oxygen atoms in total. The van der Waals surface area contributed by atoms with Crippen LogP contribution in [0, 0.1) is 6.92 Å². The molecule has 80 valence electrons. The molecular weight excluding hydrogens is 273 g/mol. The summed E-state index contributed by atoms with van der Waals surface area (Å²) >= 11 is 2.90. The molecule has 0 bridgehead atoms. The Bertz CT molecular complexity index is 516. The topological polar surface area (TPSA) is 17.3 Å². The normalized spacial score (nSPS) is 12.3. The van der Waals surface area contributed by atoms with E-state index in [4.69, 9.17) is 0 Å². The van der Waals surface area contributed by atoms with E-state index in [1.807, 2.05) is 0 Å². The summed E-state index contributed by atoms with van der Waals surface area (Å²) in [6.07, 6.45) is -2.83. The van der Waals surface area contributed by atoms with Crippen molar-refractivity contribution < 1.29 is 13.2 Å². The summed E-state index contributed by atoms with van der Waals surface area (Å²) in [5.74, 6) is 0. The van der Waals surface area contributed by atoms with Gasteiger partial charge in [-0.15, -0.1) is 0 Å². The molecule has 6 heteroatoms. The summed E-state index contributed by atoms with van der Waals surface area (Å²) < 4.78 is 38.8. The highest BCUT2D eigenvalue weighted by atomic mass is 79.9. The summed E-state index contributed by atoms with van der Waals surface area (Å²) in [7, 11) is 0. The van der Waals surface area contributed by atoms with Gasteiger partial charge in [0.2, 0.25) is 0 Å². The Kier molecular flexibility index (Phi) is 2.26. The number of nitrogens with zero attached hydrogens (tertiary/aromatic N) is 2. The lowest BCUT2D eigenvalue weighted by Crippen LogP contribution is -2.06. The van der Waals surface area contributed by atoms with Crippen LogP contribution in [-0.2, 0) is 6.18 Å². The van der Waals surface area contributed by atoms with E-state index in [1.165, 1.54) is 4.40 Å². The van der Waals surface area contributed by atoms with Crippen molar-refractivity contribution >= 4 is 21.6 Å². The van der Waals surface area contributed by atoms with Gasteiger partial charge in [0.05, 0.1) is 0 Å². The first-order valence-electron chi connectivity index (χ1n) is 4.11. The van der Waals surface area contributed by atoms with E-state index in [0.717, 1.165) is 5.56 Å². The Hall–Kier alpha value is -1.04. The zero-order valence-electron chi connectivity index (χ0n) is 7.64. The fraction of sp³-hybridized carbons (Fsp3) is 0.222. The fourth-order valence-corrected chi connectivity index (χ4v) is 1.90. The predicted molar refractivity (Wildman–Crippen MR) is 52.6 cm³/mol. The quantitative estimate of drug-likeness (QED) is 0.722. The van der Waals surface area contributed by atoms with Crippen molar-refractivity contribution in [3.05, 3.63) is 34.2 Å². The molecule has 0 radical (unpaired) electrons. The van der Waals surface area contributed by atoms with Gasteiger partial charge in [-0.3, -0.25) is 4.40 Å². The lowest BCUT2D eigenvalue weighted by molar-refractivity contribution is -0.141. The molecule has 2 rings (SSSR count). The molecule has 0 aliphatic carbocycles. The zero-order valence-corrected chi connectivity index (χ0v) is 9.22. The van der Waals surface area contributed by atoms with Gasteiger partial charge in [-0.1, -0.05) is 6.07 Å². The highest BCUT2D eigenvalue weighted by molar-refractivity contribution is 9.10. The number of fused-ring (bicyclic) bond motifs is 1. The molecule has 0 aromatic carbocycles. The first-order chi connectivity index (χ1) is 6.89. The first-order valence-corrected chi connectivity index (χ1v) is 4.90. The Labute approximate surface area is 91.9 Å². The summed E-state index contributed by atoms with van der Waals surface area (Å²) in [5, 5.41) is 0.